The summed E-state index contributed by atoms with van der Waals surface area (Å²) in [5.74, 6) is 0. The van der Waals surface area contributed by atoms with E-state index in [2.05, 4.69) is 10.0 Å². The van der Waals surface area contributed by atoms with Gasteiger partial charge >= 0.3 is 0 Å². The molecule has 0 aliphatic rings. The van der Waals surface area contributed by atoms with Gasteiger partial charge in [-0.25, -0.2) is 13.1 Å². The first-order valence-corrected chi connectivity index (χ1v) is 7.74. The maximum atomic E-state index is 12.2. The Balaban J connectivity index is 3.01. The van der Waals surface area contributed by atoms with Crippen LogP contribution < -0.4 is 10.0 Å². The minimum atomic E-state index is -3.38. The highest BCUT2D eigenvalue weighted by Gasteiger charge is 2.17. The van der Waals surface area contributed by atoms with Gasteiger partial charge in [0.2, 0.25) is 10.0 Å². The average molecular weight is 270 g/mol. The number of nitrogens with one attached hydrogen (secondary N) is 2. The monoisotopic (exact) mass is 270 g/mol. The number of rotatable bonds is 7. The third-order valence-electron chi connectivity index (χ3n) is 2.82. The Hall–Kier alpha value is -0.910. The second kappa shape index (κ2) is 6.87. The van der Waals surface area contributed by atoms with Crippen molar-refractivity contribution in [1.29, 1.82) is 0 Å². The van der Waals surface area contributed by atoms with Crippen molar-refractivity contribution in [3.8, 4) is 0 Å². The Morgan fingerprint density at radius 3 is 2.56 bits per heavy atom. The number of likely N-dealkylation sites (N-methyl/N-ethyl adjacent to an activating group) is 1. The lowest BCUT2D eigenvalue weighted by molar-refractivity contribution is 0.573. The molecule has 1 unspecified atom stereocenters. The molecule has 0 fully saturated rings. The van der Waals surface area contributed by atoms with Gasteiger partial charge in [-0.2, -0.15) is 0 Å². The molecule has 0 radical (unpaired) electrons. The third kappa shape index (κ3) is 4.08. The summed E-state index contributed by atoms with van der Waals surface area (Å²) in [6.45, 7) is 4.44. The Morgan fingerprint density at radius 2 is 1.94 bits per heavy atom. The third-order valence-corrected chi connectivity index (χ3v) is 4.38. The zero-order valence-corrected chi connectivity index (χ0v) is 12.0. The highest BCUT2D eigenvalue weighted by Crippen LogP contribution is 2.16. The lowest BCUT2D eigenvalue weighted by atomic mass is 10.1. The van der Waals surface area contributed by atoms with Crippen molar-refractivity contribution in [1.82, 2.24) is 10.0 Å². The molecule has 0 saturated carbocycles. The SMILES string of the molecule is CCCNS(=O)(=O)c1ccccc1CC(C)NC. The minimum absolute atomic E-state index is 0.243. The van der Waals surface area contributed by atoms with Crippen LogP contribution in [-0.2, 0) is 16.4 Å². The van der Waals surface area contributed by atoms with Crippen LogP contribution in [0.15, 0.2) is 29.2 Å². The molecule has 1 aromatic rings. The molecule has 0 saturated heterocycles. The van der Waals surface area contributed by atoms with Crippen molar-refractivity contribution in [2.75, 3.05) is 13.6 Å². The molecule has 1 rings (SSSR count). The normalized spacial score (nSPS) is 13.5. The maximum Gasteiger partial charge on any atom is 0.240 e. The Bertz CT molecular complexity index is 472. The van der Waals surface area contributed by atoms with Gasteiger partial charge in [-0.05, 0) is 38.4 Å². The number of hydrogen-bond acceptors (Lipinski definition) is 3. The Labute approximate surface area is 110 Å². The first kappa shape index (κ1) is 15.1. The highest BCUT2D eigenvalue weighted by molar-refractivity contribution is 7.89. The van der Waals surface area contributed by atoms with E-state index in [0.29, 0.717) is 17.9 Å². The van der Waals surface area contributed by atoms with E-state index in [1.807, 2.05) is 33.0 Å². The molecule has 2 N–H and O–H groups in total. The molecule has 102 valence electrons. The van der Waals surface area contributed by atoms with Gasteiger partial charge in [0, 0.05) is 12.6 Å². The maximum absolute atomic E-state index is 12.2. The topological polar surface area (TPSA) is 58.2 Å². The second-order valence-electron chi connectivity index (χ2n) is 4.40. The van der Waals surface area contributed by atoms with E-state index in [4.69, 9.17) is 0 Å². The quantitative estimate of drug-likeness (QED) is 0.790. The summed E-state index contributed by atoms with van der Waals surface area (Å²) < 4.78 is 26.9. The van der Waals surface area contributed by atoms with E-state index in [9.17, 15) is 8.42 Å². The highest BCUT2D eigenvalue weighted by atomic mass is 32.2. The molecular formula is C13H22N2O2S. The van der Waals surface area contributed by atoms with Gasteiger partial charge in [0.05, 0.1) is 4.90 Å². The molecule has 1 atom stereocenters. The van der Waals surface area contributed by atoms with Crippen molar-refractivity contribution in [2.24, 2.45) is 0 Å². The molecule has 0 heterocycles. The number of hydrogen-bond donors (Lipinski definition) is 2. The van der Waals surface area contributed by atoms with Gasteiger partial charge in [-0.1, -0.05) is 25.1 Å². The molecule has 0 bridgehead atoms. The van der Waals surface area contributed by atoms with E-state index in [1.165, 1.54) is 0 Å². The fourth-order valence-electron chi connectivity index (χ4n) is 1.68. The van der Waals surface area contributed by atoms with E-state index >= 15 is 0 Å². The Kier molecular flexibility index (Phi) is 5.78. The predicted molar refractivity (Wildman–Crippen MR) is 74.1 cm³/mol. The lowest BCUT2D eigenvalue weighted by Crippen LogP contribution is -2.28. The van der Waals surface area contributed by atoms with Gasteiger partial charge in [-0.3, -0.25) is 0 Å². The van der Waals surface area contributed by atoms with Gasteiger partial charge in [-0.15, -0.1) is 0 Å². The van der Waals surface area contributed by atoms with Gasteiger partial charge in [0.15, 0.2) is 0 Å². The summed E-state index contributed by atoms with van der Waals surface area (Å²) in [5, 5.41) is 3.12. The molecule has 5 heteroatoms. The van der Waals surface area contributed by atoms with Crippen LogP contribution in [0.4, 0.5) is 0 Å². The molecule has 0 aliphatic carbocycles. The molecule has 0 amide bonds. The summed E-state index contributed by atoms with van der Waals surface area (Å²) in [6, 6.07) is 7.40. The van der Waals surface area contributed by atoms with Crippen molar-refractivity contribution >= 4 is 10.0 Å². The molecule has 0 aromatic heterocycles. The van der Waals surface area contributed by atoms with Crippen molar-refractivity contribution in [3.63, 3.8) is 0 Å². The van der Waals surface area contributed by atoms with Gasteiger partial charge in [0.25, 0.3) is 0 Å². The van der Waals surface area contributed by atoms with E-state index in [-0.39, 0.29) is 6.04 Å². The standard InChI is InChI=1S/C13H22N2O2S/c1-4-9-15-18(16,17)13-8-6-5-7-12(13)10-11(2)14-3/h5-8,11,14-15H,4,9-10H2,1-3H3. The van der Waals surface area contributed by atoms with Crippen molar-refractivity contribution in [2.45, 2.75) is 37.6 Å². The average Bonchev–Trinajstić information content (AvgIpc) is 2.36. The lowest BCUT2D eigenvalue weighted by Gasteiger charge is -2.14. The summed E-state index contributed by atoms with van der Waals surface area (Å²) in [7, 11) is -1.51. The zero-order chi connectivity index (χ0) is 13.6. The molecule has 0 aliphatic heterocycles. The Morgan fingerprint density at radius 1 is 1.28 bits per heavy atom. The largest absolute Gasteiger partial charge is 0.317 e. The summed E-state index contributed by atoms with van der Waals surface area (Å²) in [4.78, 5) is 0.389. The molecule has 0 spiro atoms. The molecule has 1 aromatic carbocycles. The predicted octanol–water partition coefficient (Wildman–Crippen LogP) is 1.53. The molecule has 4 nitrogen and oxygen atoms in total. The number of sulfonamides is 1. The summed E-state index contributed by atoms with van der Waals surface area (Å²) >= 11 is 0. The number of benzene rings is 1. The van der Waals surface area contributed by atoms with Crippen molar-refractivity contribution < 1.29 is 8.42 Å². The van der Waals surface area contributed by atoms with Crippen molar-refractivity contribution in [3.05, 3.63) is 29.8 Å². The summed E-state index contributed by atoms with van der Waals surface area (Å²) in [5.41, 5.74) is 0.850. The first-order valence-electron chi connectivity index (χ1n) is 6.26. The van der Waals surface area contributed by atoms with Crippen LogP contribution in [-0.4, -0.2) is 28.1 Å². The van der Waals surface area contributed by atoms with Crippen LogP contribution in [0.5, 0.6) is 0 Å². The smallest absolute Gasteiger partial charge is 0.240 e. The minimum Gasteiger partial charge on any atom is -0.317 e. The molecular weight excluding hydrogens is 248 g/mol. The van der Waals surface area contributed by atoms with Crippen LogP contribution in [0.2, 0.25) is 0 Å². The van der Waals surface area contributed by atoms with E-state index in [0.717, 1.165) is 12.0 Å². The van der Waals surface area contributed by atoms with Crippen LogP contribution in [0.1, 0.15) is 25.8 Å². The van der Waals surface area contributed by atoms with Crippen LogP contribution in [0.25, 0.3) is 0 Å². The van der Waals surface area contributed by atoms with Gasteiger partial charge < -0.3 is 5.32 Å². The first-order chi connectivity index (χ1) is 8.51. The fourth-order valence-corrected chi connectivity index (χ4v) is 3.06. The fraction of sp³-hybridized carbons (Fsp3) is 0.538. The second-order valence-corrected chi connectivity index (χ2v) is 6.13. The summed E-state index contributed by atoms with van der Waals surface area (Å²) in [6.07, 6.45) is 1.48. The zero-order valence-electron chi connectivity index (χ0n) is 11.2. The van der Waals surface area contributed by atoms with E-state index < -0.39 is 10.0 Å². The van der Waals surface area contributed by atoms with Crippen LogP contribution in [0, 0.1) is 0 Å². The van der Waals surface area contributed by atoms with Gasteiger partial charge in [0.1, 0.15) is 0 Å². The van der Waals surface area contributed by atoms with Crippen LogP contribution >= 0.6 is 0 Å². The van der Waals surface area contributed by atoms with E-state index in [1.54, 1.807) is 12.1 Å². The van der Waals surface area contributed by atoms with Crippen LogP contribution in [0.3, 0.4) is 0 Å². The molecule has 18 heavy (non-hydrogen) atoms.